The van der Waals surface area contributed by atoms with Crippen molar-refractivity contribution < 1.29 is 14.0 Å². The van der Waals surface area contributed by atoms with E-state index < -0.39 is 11.5 Å². The first-order valence-corrected chi connectivity index (χ1v) is 8.18. The summed E-state index contributed by atoms with van der Waals surface area (Å²) in [6, 6.07) is 4.50. The maximum atomic E-state index is 15.4. The zero-order valence-corrected chi connectivity index (χ0v) is 14.1. The van der Waals surface area contributed by atoms with Gasteiger partial charge in [-0.3, -0.25) is 19.6 Å². The minimum atomic E-state index is -2.20. The second-order valence-electron chi connectivity index (χ2n) is 5.63. The van der Waals surface area contributed by atoms with E-state index in [2.05, 4.69) is 9.97 Å². The first kappa shape index (κ1) is 17.0. The van der Waals surface area contributed by atoms with Crippen molar-refractivity contribution in [3.63, 3.8) is 0 Å². The molecule has 24 heavy (non-hydrogen) atoms. The van der Waals surface area contributed by atoms with Gasteiger partial charge in [-0.2, -0.15) is 0 Å². The predicted molar refractivity (Wildman–Crippen MR) is 88.2 cm³/mol. The lowest BCUT2D eigenvalue weighted by Crippen LogP contribution is -2.37. The van der Waals surface area contributed by atoms with Crippen LogP contribution in [0, 0.1) is 0 Å². The van der Waals surface area contributed by atoms with Gasteiger partial charge in [-0.15, -0.1) is 0 Å². The third kappa shape index (κ3) is 3.06. The van der Waals surface area contributed by atoms with Gasteiger partial charge in [-0.25, -0.2) is 4.39 Å². The fourth-order valence-corrected chi connectivity index (χ4v) is 3.31. The van der Waals surface area contributed by atoms with Crippen LogP contribution in [-0.4, -0.2) is 21.5 Å². The van der Waals surface area contributed by atoms with E-state index in [1.54, 1.807) is 0 Å². The minimum absolute atomic E-state index is 0.0355. The summed E-state index contributed by atoms with van der Waals surface area (Å²) >= 11 is 11.8. The zero-order chi connectivity index (χ0) is 17.3. The summed E-state index contributed by atoms with van der Waals surface area (Å²) in [6.45, 7) is 0. The van der Waals surface area contributed by atoms with Crippen molar-refractivity contribution in [3.05, 3.63) is 57.6 Å². The molecule has 0 saturated carbocycles. The van der Waals surface area contributed by atoms with Crippen LogP contribution in [0.3, 0.4) is 0 Å². The number of rotatable bonds is 4. The highest BCUT2D eigenvalue weighted by molar-refractivity contribution is 6.34. The third-order valence-electron chi connectivity index (χ3n) is 4.11. The van der Waals surface area contributed by atoms with E-state index in [0.717, 1.165) is 0 Å². The number of aryl methyl sites for hydroxylation is 1. The number of halogens is 3. The van der Waals surface area contributed by atoms with Crippen molar-refractivity contribution in [3.8, 4) is 0 Å². The molecule has 0 bridgehead atoms. The lowest BCUT2D eigenvalue weighted by molar-refractivity contribution is -0.132. The van der Waals surface area contributed by atoms with Crippen molar-refractivity contribution in [2.24, 2.45) is 0 Å². The Morgan fingerprint density at radius 2 is 2.12 bits per heavy atom. The van der Waals surface area contributed by atoms with E-state index in [0.29, 0.717) is 15.7 Å². The molecule has 0 fully saturated rings. The van der Waals surface area contributed by atoms with Gasteiger partial charge in [0.05, 0.1) is 15.7 Å². The summed E-state index contributed by atoms with van der Waals surface area (Å²) in [7, 11) is 0. The smallest absolute Gasteiger partial charge is 0.196 e. The Morgan fingerprint density at radius 3 is 2.88 bits per heavy atom. The first-order valence-electron chi connectivity index (χ1n) is 7.42. The molecule has 3 rings (SSSR count). The van der Waals surface area contributed by atoms with Crippen LogP contribution in [0.4, 0.5) is 4.39 Å². The monoisotopic (exact) mass is 366 g/mol. The van der Waals surface area contributed by atoms with E-state index in [9.17, 15) is 9.59 Å². The molecular formula is C17H13Cl2FN2O2. The molecule has 0 spiro atoms. The Balaban J connectivity index is 1.82. The van der Waals surface area contributed by atoms with Gasteiger partial charge in [0.1, 0.15) is 5.69 Å². The molecule has 0 N–H and O–H groups in total. The van der Waals surface area contributed by atoms with Crippen LogP contribution in [0.25, 0.3) is 0 Å². The van der Waals surface area contributed by atoms with Crippen LogP contribution < -0.4 is 0 Å². The Hall–Kier alpha value is -1.85. The lowest BCUT2D eigenvalue weighted by atomic mass is 9.78. The molecule has 4 nitrogen and oxygen atoms in total. The summed E-state index contributed by atoms with van der Waals surface area (Å²) in [5.41, 5.74) is -1.61. The molecule has 7 heteroatoms. The largest absolute Gasteiger partial charge is 0.296 e. The van der Waals surface area contributed by atoms with Crippen molar-refractivity contribution >= 4 is 34.8 Å². The van der Waals surface area contributed by atoms with Crippen LogP contribution in [0.2, 0.25) is 10.0 Å². The normalized spacial score (nSPS) is 19.9. The number of Topliss-reactive ketones (excluding diaryl/α,β-unsaturated/α-hetero) is 2. The molecule has 0 amide bonds. The number of alkyl halides is 1. The molecule has 0 unspecified atom stereocenters. The molecule has 1 atom stereocenters. The van der Waals surface area contributed by atoms with Crippen molar-refractivity contribution in [2.75, 3.05) is 0 Å². The molecule has 1 aliphatic carbocycles. The van der Waals surface area contributed by atoms with Crippen LogP contribution in [-0.2, 0) is 16.9 Å². The van der Waals surface area contributed by atoms with Crippen LogP contribution >= 0.6 is 23.2 Å². The second-order valence-corrected chi connectivity index (χ2v) is 6.47. The SMILES string of the molecule is O=C1CC[C@@](F)(C(=O)CCc2ncc(Cl)cc2Cl)c2cccnc21. The average molecular weight is 367 g/mol. The highest BCUT2D eigenvalue weighted by Gasteiger charge is 2.46. The van der Waals surface area contributed by atoms with Gasteiger partial charge in [0, 0.05) is 37.2 Å². The molecule has 0 saturated heterocycles. The summed E-state index contributed by atoms with van der Waals surface area (Å²) in [5, 5.41) is 0.729. The molecule has 0 radical (unpaired) electrons. The first-order chi connectivity index (χ1) is 11.4. The van der Waals surface area contributed by atoms with Gasteiger partial charge >= 0.3 is 0 Å². The van der Waals surface area contributed by atoms with Crippen LogP contribution in [0.1, 0.15) is 41.0 Å². The number of ketones is 2. The molecule has 2 aromatic heterocycles. The number of carbonyl (C=O) groups excluding carboxylic acids is 2. The van der Waals surface area contributed by atoms with E-state index in [-0.39, 0.29) is 42.7 Å². The number of nitrogens with zero attached hydrogens (tertiary/aromatic N) is 2. The number of aromatic nitrogens is 2. The van der Waals surface area contributed by atoms with Gasteiger partial charge < -0.3 is 0 Å². The van der Waals surface area contributed by atoms with Gasteiger partial charge in [0.2, 0.25) is 0 Å². The van der Waals surface area contributed by atoms with E-state index in [4.69, 9.17) is 23.2 Å². The summed E-state index contributed by atoms with van der Waals surface area (Å²) < 4.78 is 15.4. The van der Waals surface area contributed by atoms with E-state index >= 15 is 4.39 Å². The number of fused-ring (bicyclic) bond motifs is 1. The maximum Gasteiger partial charge on any atom is 0.196 e. The maximum absolute atomic E-state index is 15.4. The van der Waals surface area contributed by atoms with Gasteiger partial charge in [-0.05, 0) is 18.6 Å². The fraction of sp³-hybridized carbons (Fsp3) is 0.294. The molecule has 0 aromatic carbocycles. The van der Waals surface area contributed by atoms with Gasteiger partial charge in [-0.1, -0.05) is 29.3 Å². The highest BCUT2D eigenvalue weighted by atomic mass is 35.5. The Morgan fingerprint density at radius 1 is 1.33 bits per heavy atom. The van der Waals surface area contributed by atoms with Crippen molar-refractivity contribution in [2.45, 2.75) is 31.4 Å². The summed E-state index contributed by atoms with van der Waals surface area (Å²) in [5.74, 6) is -0.842. The Kier molecular flexibility index (Phi) is 4.65. The molecule has 2 aromatic rings. The Bertz CT molecular complexity index is 828. The second kappa shape index (κ2) is 6.57. The topological polar surface area (TPSA) is 59.9 Å². The minimum Gasteiger partial charge on any atom is -0.296 e. The van der Waals surface area contributed by atoms with Crippen molar-refractivity contribution in [1.82, 2.24) is 9.97 Å². The summed E-state index contributed by atoms with van der Waals surface area (Å²) in [6.07, 6.45) is 2.77. The average Bonchev–Trinajstić information content (AvgIpc) is 2.57. The zero-order valence-electron chi connectivity index (χ0n) is 12.6. The molecule has 1 aliphatic rings. The van der Waals surface area contributed by atoms with Crippen molar-refractivity contribution in [1.29, 1.82) is 0 Å². The fourth-order valence-electron chi connectivity index (χ4n) is 2.83. The van der Waals surface area contributed by atoms with Crippen LogP contribution in [0.5, 0.6) is 0 Å². The van der Waals surface area contributed by atoms with Gasteiger partial charge in [0.15, 0.2) is 17.2 Å². The number of hydrogen-bond donors (Lipinski definition) is 0. The number of pyridine rings is 2. The summed E-state index contributed by atoms with van der Waals surface area (Å²) in [4.78, 5) is 32.4. The number of carbonyl (C=O) groups is 2. The van der Waals surface area contributed by atoms with E-state index in [1.165, 1.54) is 30.6 Å². The standard InChI is InChI=1S/C17H13Cl2FN2O2/c18-10-8-12(19)13(22-9-10)3-4-15(24)17(20)6-5-14(23)16-11(17)2-1-7-21-16/h1-2,7-9H,3-6H2/t17-/m0/s1. The molecular weight excluding hydrogens is 354 g/mol. The predicted octanol–water partition coefficient (Wildman–Crippen LogP) is 4.13. The van der Waals surface area contributed by atoms with Gasteiger partial charge in [0.25, 0.3) is 0 Å². The highest BCUT2D eigenvalue weighted by Crippen LogP contribution is 2.39. The molecule has 124 valence electrons. The van der Waals surface area contributed by atoms with E-state index in [1.807, 2.05) is 0 Å². The third-order valence-corrected chi connectivity index (χ3v) is 4.64. The lowest BCUT2D eigenvalue weighted by Gasteiger charge is -2.29. The molecule has 2 heterocycles. The Labute approximate surface area is 148 Å². The van der Waals surface area contributed by atoms with Crippen LogP contribution in [0.15, 0.2) is 30.6 Å². The molecule has 0 aliphatic heterocycles. The quantitative estimate of drug-likeness (QED) is 0.816. The number of hydrogen-bond acceptors (Lipinski definition) is 4.